The van der Waals surface area contributed by atoms with Crippen molar-refractivity contribution in [3.63, 3.8) is 0 Å². The third-order valence-electron chi connectivity index (χ3n) is 7.51. The predicted octanol–water partition coefficient (Wildman–Crippen LogP) is 7.93. The quantitative estimate of drug-likeness (QED) is 0.238. The summed E-state index contributed by atoms with van der Waals surface area (Å²) in [5, 5.41) is 0. The molecule has 0 spiro atoms. The molecule has 4 aromatic carbocycles. The number of benzene rings is 4. The predicted molar refractivity (Wildman–Crippen MR) is 158 cm³/mol. The van der Waals surface area contributed by atoms with Crippen molar-refractivity contribution >= 4 is 17.2 Å². The van der Waals surface area contributed by atoms with E-state index in [-0.39, 0.29) is 0 Å². The SMILES string of the molecule is Cc1cccc(C)c1-n1cc2nc1Cc1cccc(c1)-c1nc(cn1C)N(c1ccccc1)c1cccc-2c1. The Balaban J connectivity index is 1.51. The standard InChI is InChI=1S/C34H29N5/c1-23-10-7-11-24(2)33(23)38-21-30-26-13-9-17-29(20-26)39(28-15-5-4-6-16-28)32-22-37(3)34(36-32)27-14-8-12-25(18-27)19-31(38)35-30/h4-18,20-22H,19H2,1-3H3. The van der Waals surface area contributed by atoms with E-state index < -0.39 is 0 Å². The summed E-state index contributed by atoms with van der Waals surface area (Å²) in [6.45, 7) is 4.34. The minimum absolute atomic E-state index is 0.717. The van der Waals surface area contributed by atoms with Gasteiger partial charge < -0.3 is 9.13 Å². The maximum Gasteiger partial charge on any atom is 0.156 e. The zero-order chi connectivity index (χ0) is 26.5. The lowest BCUT2D eigenvalue weighted by Crippen LogP contribution is -2.10. The molecule has 0 fully saturated rings. The minimum Gasteiger partial charge on any atom is -0.332 e. The molecular formula is C34H29N5. The highest BCUT2D eigenvalue weighted by atomic mass is 15.2. The Bertz CT molecular complexity index is 1810. The van der Waals surface area contributed by atoms with Crippen molar-refractivity contribution in [3.05, 3.63) is 132 Å². The molecule has 39 heavy (non-hydrogen) atoms. The molecule has 190 valence electrons. The van der Waals surface area contributed by atoms with Crippen molar-refractivity contribution in [1.82, 2.24) is 19.1 Å². The van der Waals surface area contributed by atoms with Crippen LogP contribution in [-0.4, -0.2) is 19.1 Å². The van der Waals surface area contributed by atoms with Crippen LogP contribution >= 0.6 is 0 Å². The lowest BCUT2D eigenvalue weighted by Gasteiger charge is -2.23. The fourth-order valence-corrected chi connectivity index (χ4v) is 5.69. The number of anilines is 3. The molecule has 3 heterocycles. The first-order chi connectivity index (χ1) is 19.0. The van der Waals surface area contributed by atoms with Gasteiger partial charge in [-0.15, -0.1) is 0 Å². The Hall–Kier alpha value is -4.90. The van der Waals surface area contributed by atoms with Crippen LogP contribution in [0, 0.1) is 13.8 Å². The second-order valence-electron chi connectivity index (χ2n) is 10.3. The highest BCUT2D eigenvalue weighted by molar-refractivity contribution is 5.79. The Morgan fingerprint density at radius 2 is 1.38 bits per heavy atom. The monoisotopic (exact) mass is 507 g/mol. The van der Waals surface area contributed by atoms with Crippen molar-refractivity contribution < 1.29 is 0 Å². The van der Waals surface area contributed by atoms with Crippen LogP contribution in [0.4, 0.5) is 17.2 Å². The third-order valence-corrected chi connectivity index (χ3v) is 7.51. The number of imidazole rings is 2. The van der Waals surface area contributed by atoms with Crippen LogP contribution in [0.3, 0.4) is 0 Å². The average Bonchev–Trinajstić information content (AvgIpc) is 3.53. The van der Waals surface area contributed by atoms with Gasteiger partial charge in [0, 0.05) is 48.4 Å². The summed E-state index contributed by atoms with van der Waals surface area (Å²) >= 11 is 0. The topological polar surface area (TPSA) is 38.9 Å². The highest BCUT2D eigenvalue weighted by Crippen LogP contribution is 2.38. The first-order valence-corrected chi connectivity index (χ1v) is 13.3. The molecule has 5 heteroatoms. The summed E-state index contributed by atoms with van der Waals surface area (Å²) in [6.07, 6.45) is 5.02. The van der Waals surface area contributed by atoms with Gasteiger partial charge in [-0.1, -0.05) is 66.7 Å². The van der Waals surface area contributed by atoms with E-state index in [0.29, 0.717) is 6.42 Å². The lowest BCUT2D eigenvalue weighted by molar-refractivity contribution is 0.899. The molecule has 0 saturated heterocycles. The van der Waals surface area contributed by atoms with E-state index in [4.69, 9.17) is 9.97 Å². The zero-order valence-corrected chi connectivity index (χ0v) is 22.3. The molecule has 5 nitrogen and oxygen atoms in total. The van der Waals surface area contributed by atoms with Gasteiger partial charge in [-0.3, -0.25) is 4.90 Å². The van der Waals surface area contributed by atoms with Crippen LogP contribution in [0.1, 0.15) is 22.5 Å². The van der Waals surface area contributed by atoms with E-state index in [0.717, 1.165) is 45.7 Å². The number of hydrogen-bond donors (Lipinski definition) is 0. The average molecular weight is 508 g/mol. The minimum atomic E-state index is 0.717. The van der Waals surface area contributed by atoms with E-state index in [2.05, 4.69) is 138 Å². The van der Waals surface area contributed by atoms with Gasteiger partial charge in [0.25, 0.3) is 0 Å². The van der Waals surface area contributed by atoms with Crippen LogP contribution < -0.4 is 4.90 Å². The van der Waals surface area contributed by atoms with Crippen LogP contribution in [0.5, 0.6) is 0 Å². The van der Waals surface area contributed by atoms with Crippen molar-refractivity contribution in [2.45, 2.75) is 20.3 Å². The molecule has 0 N–H and O–H groups in total. The summed E-state index contributed by atoms with van der Waals surface area (Å²) in [7, 11) is 2.07. The molecule has 0 amide bonds. The molecule has 0 unspecified atom stereocenters. The number of fused-ring (bicyclic) bond motifs is 10. The third kappa shape index (κ3) is 4.03. The first-order valence-electron chi connectivity index (χ1n) is 13.3. The second kappa shape index (κ2) is 9.14. The van der Waals surface area contributed by atoms with Crippen LogP contribution in [0.15, 0.2) is 109 Å². The van der Waals surface area contributed by atoms with E-state index in [9.17, 15) is 0 Å². The van der Waals surface area contributed by atoms with E-state index in [1.807, 2.05) is 6.07 Å². The maximum absolute atomic E-state index is 5.24. The first kappa shape index (κ1) is 23.2. The second-order valence-corrected chi connectivity index (χ2v) is 10.3. The van der Waals surface area contributed by atoms with Crippen molar-refractivity contribution in [1.29, 1.82) is 0 Å². The number of nitrogens with zero attached hydrogens (tertiary/aromatic N) is 5. The summed E-state index contributed by atoms with van der Waals surface area (Å²) < 4.78 is 4.40. The highest BCUT2D eigenvalue weighted by Gasteiger charge is 2.21. The molecule has 0 radical (unpaired) electrons. The molecule has 7 rings (SSSR count). The molecular weight excluding hydrogens is 478 g/mol. The van der Waals surface area contributed by atoms with Crippen molar-refractivity contribution in [2.24, 2.45) is 7.05 Å². The number of para-hydroxylation sites is 2. The fourth-order valence-electron chi connectivity index (χ4n) is 5.69. The zero-order valence-electron chi connectivity index (χ0n) is 22.3. The van der Waals surface area contributed by atoms with Gasteiger partial charge in [-0.25, -0.2) is 9.97 Å². The molecule has 0 atom stereocenters. The van der Waals surface area contributed by atoms with Crippen LogP contribution in [-0.2, 0) is 13.5 Å². The van der Waals surface area contributed by atoms with Gasteiger partial charge >= 0.3 is 0 Å². The van der Waals surface area contributed by atoms with Gasteiger partial charge in [0.1, 0.15) is 11.6 Å². The molecule has 2 aromatic heterocycles. The molecule has 0 saturated carbocycles. The lowest BCUT2D eigenvalue weighted by atomic mass is 10.1. The number of aryl methyl sites for hydroxylation is 3. The number of aromatic nitrogens is 4. The smallest absolute Gasteiger partial charge is 0.156 e. The van der Waals surface area contributed by atoms with Gasteiger partial charge in [-0.05, 0) is 60.9 Å². The van der Waals surface area contributed by atoms with Gasteiger partial charge in [0.05, 0.1) is 11.4 Å². The largest absolute Gasteiger partial charge is 0.332 e. The summed E-state index contributed by atoms with van der Waals surface area (Å²) in [4.78, 5) is 12.6. The summed E-state index contributed by atoms with van der Waals surface area (Å²) in [6, 6.07) is 34.2. The molecule has 8 bridgehead atoms. The Labute approximate surface area is 228 Å². The van der Waals surface area contributed by atoms with Gasteiger partial charge in [0.2, 0.25) is 0 Å². The Kier molecular flexibility index (Phi) is 5.44. The van der Waals surface area contributed by atoms with Crippen molar-refractivity contribution in [2.75, 3.05) is 4.90 Å². The van der Waals surface area contributed by atoms with Gasteiger partial charge in [0.15, 0.2) is 5.82 Å². The Morgan fingerprint density at radius 3 is 2.21 bits per heavy atom. The van der Waals surface area contributed by atoms with Crippen molar-refractivity contribution in [3.8, 4) is 28.3 Å². The molecule has 6 aromatic rings. The van der Waals surface area contributed by atoms with Crippen LogP contribution in [0.2, 0.25) is 0 Å². The van der Waals surface area contributed by atoms with E-state index >= 15 is 0 Å². The molecule has 0 aliphatic carbocycles. The number of hydrogen-bond acceptors (Lipinski definition) is 3. The fraction of sp³-hybridized carbons (Fsp3) is 0.118. The van der Waals surface area contributed by atoms with E-state index in [1.165, 1.54) is 22.4 Å². The summed E-state index contributed by atoms with van der Waals surface area (Å²) in [5.41, 5.74) is 10.1. The normalized spacial score (nSPS) is 12.3. The Morgan fingerprint density at radius 1 is 0.667 bits per heavy atom. The summed E-state index contributed by atoms with van der Waals surface area (Å²) in [5.74, 6) is 2.82. The molecule has 1 aliphatic heterocycles. The molecule has 1 aliphatic rings. The maximum atomic E-state index is 5.24. The van der Waals surface area contributed by atoms with E-state index in [1.54, 1.807) is 0 Å². The van der Waals surface area contributed by atoms with Crippen LogP contribution in [0.25, 0.3) is 28.3 Å². The number of rotatable bonds is 2. The van der Waals surface area contributed by atoms with Gasteiger partial charge in [-0.2, -0.15) is 0 Å².